The van der Waals surface area contributed by atoms with Crippen molar-refractivity contribution in [2.75, 3.05) is 19.7 Å². The zero-order chi connectivity index (χ0) is 20.1. The Balaban J connectivity index is 1.18. The van der Waals surface area contributed by atoms with Crippen molar-refractivity contribution in [3.63, 3.8) is 0 Å². The molecule has 2 aliphatic heterocycles. The number of nitrogens with zero attached hydrogens (tertiary/aromatic N) is 1. The molecule has 2 atom stereocenters. The van der Waals surface area contributed by atoms with Gasteiger partial charge in [-0.2, -0.15) is 0 Å². The molecule has 1 fully saturated rings. The molecular weight excluding hydrogens is 370 g/mol. The smallest absolute Gasteiger partial charge is 0.283 e. The van der Waals surface area contributed by atoms with Crippen LogP contribution in [0.2, 0.25) is 0 Å². The summed E-state index contributed by atoms with van der Waals surface area (Å²) in [6, 6.07) is 17.5. The molecule has 0 saturated carbocycles. The van der Waals surface area contributed by atoms with Crippen LogP contribution in [0.5, 0.6) is 11.5 Å². The zero-order valence-corrected chi connectivity index (χ0v) is 16.2. The number of carbonyl (C=O) groups excluding carboxylic acids is 2. The van der Waals surface area contributed by atoms with Gasteiger partial charge in [0.1, 0.15) is 6.61 Å². The Morgan fingerprint density at radius 3 is 2.59 bits per heavy atom. The average Bonchev–Trinajstić information content (AvgIpc) is 3.19. The van der Waals surface area contributed by atoms with Gasteiger partial charge < -0.3 is 9.47 Å². The van der Waals surface area contributed by atoms with Crippen LogP contribution < -0.4 is 20.3 Å². The minimum atomic E-state index is -0.793. The summed E-state index contributed by atoms with van der Waals surface area (Å²) in [5.74, 6) is 0.806. The third-order valence-electron chi connectivity index (χ3n) is 5.22. The van der Waals surface area contributed by atoms with Gasteiger partial charge in [-0.3, -0.25) is 25.3 Å². The summed E-state index contributed by atoms with van der Waals surface area (Å²) in [6.45, 7) is 2.87. The molecule has 0 aromatic heterocycles. The highest BCUT2D eigenvalue weighted by atomic mass is 16.6. The van der Waals surface area contributed by atoms with E-state index in [9.17, 15) is 9.59 Å². The van der Waals surface area contributed by atoms with E-state index < -0.39 is 12.0 Å². The van der Waals surface area contributed by atoms with Crippen LogP contribution in [0.1, 0.15) is 18.4 Å². The molecule has 2 amide bonds. The number of hydrogen-bond donors (Lipinski definition) is 2. The summed E-state index contributed by atoms with van der Waals surface area (Å²) in [6.07, 6.45) is 0.569. The number of ether oxygens (including phenoxy) is 2. The van der Waals surface area contributed by atoms with Crippen molar-refractivity contribution >= 4 is 11.8 Å². The van der Waals surface area contributed by atoms with E-state index in [1.807, 2.05) is 30.3 Å². The molecule has 0 unspecified atom stereocenters. The van der Waals surface area contributed by atoms with E-state index >= 15 is 0 Å². The second-order valence-corrected chi connectivity index (χ2v) is 7.48. The molecule has 2 aromatic rings. The van der Waals surface area contributed by atoms with Crippen LogP contribution in [0.25, 0.3) is 0 Å². The number of rotatable bonds is 5. The SMILES string of the molecule is O=C(C[C@H]1CCN(Cc2ccccc2)C1)NNC(=O)[C@H]1COc2ccccc2O1. The van der Waals surface area contributed by atoms with Gasteiger partial charge in [-0.15, -0.1) is 0 Å². The predicted octanol–water partition coefficient (Wildman–Crippen LogP) is 1.89. The fourth-order valence-corrected chi connectivity index (χ4v) is 3.74. The van der Waals surface area contributed by atoms with Gasteiger partial charge >= 0.3 is 0 Å². The number of fused-ring (bicyclic) bond motifs is 1. The second kappa shape index (κ2) is 8.96. The molecule has 4 rings (SSSR count). The molecule has 0 aliphatic carbocycles. The van der Waals surface area contributed by atoms with E-state index in [0.717, 1.165) is 26.1 Å². The van der Waals surface area contributed by atoms with Gasteiger partial charge in [0.25, 0.3) is 5.91 Å². The van der Waals surface area contributed by atoms with Crippen LogP contribution >= 0.6 is 0 Å². The van der Waals surface area contributed by atoms with Crippen molar-refractivity contribution < 1.29 is 19.1 Å². The van der Waals surface area contributed by atoms with Crippen LogP contribution in [0.3, 0.4) is 0 Å². The summed E-state index contributed by atoms with van der Waals surface area (Å²) in [7, 11) is 0. The Labute approximate surface area is 170 Å². The summed E-state index contributed by atoms with van der Waals surface area (Å²) in [4.78, 5) is 26.9. The number of para-hydroxylation sites is 2. The molecule has 1 saturated heterocycles. The standard InChI is InChI=1S/C22H25N3O4/c26-21(12-17-10-11-25(14-17)13-16-6-2-1-3-7-16)23-24-22(27)20-15-28-18-8-4-5-9-19(18)29-20/h1-9,17,20H,10-15H2,(H,23,26)(H,24,27)/t17-,20-/m1/s1. The average molecular weight is 395 g/mol. The lowest BCUT2D eigenvalue weighted by Gasteiger charge is -2.25. The first kappa shape index (κ1) is 19.3. The van der Waals surface area contributed by atoms with Gasteiger partial charge in [0.2, 0.25) is 12.0 Å². The van der Waals surface area contributed by atoms with Crippen LogP contribution in [-0.2, 0) is 16.1 Å². The summed E-state index contributed by atoms with van der Waals surface area (Å²) in [5.41, 5.74) is 6.23. The first-order chi connectivity index (χ1) is 14.2. The Bertz CT molecular complexity index is 858. The number of likely N-dealkylation sites (tertiary alicyclic amines) is 1. The van der Waals surface area contributed by atoms with Gasteiger partial charge in [-0.1, -0.05) is 42.5 Å². The molecule has 2 aromatic carbocycles. The minimum absolute atomic E-state index is 0.107. The molecule has 0 radical (unpaired) electrons. The minimum Gasteiger partial charge on any atom is -0.485 e. The van der Waals surface area contributed by atoms with E-state index in [4.69, 9.17) is 9.47 Å². The number of hydrogen-bond acceptors (Lipinski definition) is 5. The van der Waals surface area contributed by atoms with E-state index in [-0.39, 0.29) is 18.4 Å². The quantitative estimate of drug-likeness (QED) is 0.756. The molecule has 7 heteroatoms. The maximum absolute atomic E-state index is 12.3. The Hall–Kier alpha value is -3.06. The third kappa shape index (κ3) is 5.06. The van der Waals surface area contributed by atoms with E-state index in [1.165, 1.54) is 5.56 Å². The summed E-state index contributed by atoms with van der Waals surface area (Å²) < 4.78 is 11.2. The molecule has 2 heterocycles. The van der Waals surface area contributed by atoms with E-state index in [1.54, 1.807) is 12.1 Å². The highest BCUT2D eigenvalue weighted by Gasteiger charge is 2.28. The van der Waals surface area contributed by atoms with Gasteiger partial charge in [0.05, 0.1) is 0 Å². The Kier molecular flexibility index (Phi) is 5.95. The van der Waals surface area contributed by atoms with Crippen molar-refractivity contribution in [2.45, 2.75) is 25.5 Å². The van der Waals surface area contributed by atoms with Crippen LogP contribution in [-0.4, -0.2) is 42.5 Å². The molecule has 0 bridgehead atoms. The zero-order valence-electron chi connectivity index (χ0n) is 16.2. The number of benzene rings is 2. The highest BCUT2D eigenvalue weighted by molar-refractivity contribution is 5.85. The first-order valence-corrected chi connectivity index (χ1v) is 9.91. The highest BCUT2D eigenvalue weighted by Crippen LogP contribution is 2.30. The van der Waals surface area contributed by atoms with Crippen molar-refractivity contribution in [2.24, 2.45) is 5.92 Å². The lowest BCUT2D eigenvalue weighted by Crippen LogP contribution is -2.51. The largest absolute Gasteiger partial charge is 0.485 e. The maximum Gasteiger partial charge on any atom is 0.283 e. The molecular formula is C22H25N3O4. The fraction of sp³-hybridized carbons (Fsp3) is 0.364. The van der Waals surface area contributed by atoms with Crippen molar-refractivity contribution in [3.8, 4) is 11.5 Å². The molecule has 152 valence electrons. The van der Waals surface area contributed by atoms with Crippen molar-refractivity contribution in [3.05, 3.63) is 60.2 Å². The van der Waals surface area contributed by atoms with Gasteiger partial charge in [-0.05, 0) is 36.6 Å². The second-order valence-electron chi connectivity index (χ2n) is 7.48. The molecule has 0 spiro atoms. The van der Waals surface area contributed by atoms with E-state index in [2.05, 4.69) is 27.9 Å². The number of nitrogens with one attached hydrogen (secondary N) is 2. The fourth-order valence-electron chi connectivity index (χ4n) is 3.74. The van der Waals surface area contributed by atoms with Crippen molar-refractivity contribution in [1.82, 2.24) is 15.8 Å². The van der Waals surface area contributed by atoms with Crippen LogP contribution in [0.4, 0.5) is 0 Å². The monoisotopic (exact) mass is 395 g/mol. The Morgan fingerprint density at radius 1 is 1.00 bits per heavy atom. The molecule has 2 N–H and O–H groups in total. The normalized spacial score (nSPS) is 20.8. The summed E-state index contributed by atoms with van der Waals surface area (Å²) >= 11 is 0. The lowest BCUT2D eigenvalue weighted by molar-refractivity contribution is -0.135. The lowest BCUT2D eigenvalue weighted by atomic mass is 10.1. The molecule has 2 aliphatic rings. The van der Waals surface area contributed by atoms with Gasteiger partial charge in [-0.25, -0.2) is 0 Å². The predicted molar refractivity (Wildman–Crippen MR) is 107 cm³/mol. The maximum atomic E-state index is 12.3. The summed E-state index contributed by atoms with van der Waals surface area (Å²) in [5, 5.41) is 0. The molecule has 7 nitrogen and oxygen atoms in total. The topological polar surface area (TPSA) is 79.9 Å². The number of amides is 2. The Morgan fingerprint density at radius 2 is 1.76 bits per heavy atom. The van der Waals surface area contributed by atoms with Crippen molar-refractivity contribution in [1.29, 1.82) is 0 Å². The number of hydrazine groups is 1. The van der Waals surface area contributed by atoms with Gasteiger partial charge in [0, 0.05) is 19.5 Å². The van der Waals surface area contributed by atoms with E-state index in [0.29, 0.717) is 17.9 Å². The van der Waals surface area contributed by atoms with Gasteiger partial charge in [0.15, 0.2) is 11.5 Å². The first-order valence-electron chi connectivity index (χ1n) is 9.91. The van der Waals surface area contributed by atoms with Crippen LogP contribution in [0, 0.1) is 5.92 Å². The van der Waals surface area contributed by atoms with Crippen LogP contribution in [0.15, 0.2) is 54.6 Å². The third-order valence-corrected chi connectivity index (χ3v) is 5.22. The number of carbonyl (C=O) groups is 2. The molecule has 29 heavy (non-hydrogen) atoms.